The summed E-state index contributed by atoms with van der Waals surface area (Å²) >= 11 is 0. The summed E-state index contributed by atoms with van der Waals surface area (Å²) in [6.45, 7) is 1.78. The minimum absolute atomic E-state index is 0.0737. The summed E-state index contributed by atoms with van der Waals surface area (Å²) in [5.41, 5.74) is 2.55. The van der Waals surface area contributed by atoms with Gasteiger partial charge in [-0.1, -0.05) is 6.07 Å². The highest BCUT2D eigenvalue weighted by Crippen LogP contribution is 2.22. The lowest BCUT2D eigenvalue weighted by molar-refractivity contribution is 1.13. The van der Waals surface area contributed by atoms with Crippen molar-refractivity contribution in [3.63, 3.8) is 0 Å². The molecule has 0 atom stereocenters. The van der Waals surface area contributed by atoms with Gasteiger partial charge < -0.3 is 9.97 Å². The van der Waals surface area contributed by atoms with E-state index in [2.05, 4.69) is 19.9 Å². The van der Waals surface area contributed by atoms with Crippen LogP contribution < -0.4 is 5.56 Å². The van der Waals surface area contributed by atoms with Crippen LogP contribution in [0.3, 0.4) is 0 Å². The van der Waals surface area contributed by atoms with Gasteiger partial charge in [-0.25, -0.2) is 4.98 Å². The van der Waals surface area contributed by atoms with E-state index in [1.165, 1.54) is 0 Å². The maximum atomic E-state index is 11.6. The summed E-state index contributed by atoms with van der Waals surface area (Å²) in [6, 6.07) is 9.00. The predicted molar refractivity (Wildman–Crippen MR) is 77.3 cm³/mol. The van der Waals surface area contributed by atoms with Gasteiger partial charge in [-0.15, -0.1) is 0 Å². The molecule has 0 bridgehead atoms. The third-order valence-electron chi connectivity index (χ3n) is 3.13. The number of nitriles is 1. The van der Waals surface area contributed by atoms with Gasteiger partial charge in [-0.05, 0) is 25.1 Å². The first kappa shape index (κ1) is 12.8. The van der Waals surface area contributed by atoms with E-state index in [4.69, 9.17) is 5.26 Å². The maximum absolute atomic E-state index is 11.6. The number of imidazole rings is 1. The Hall–Kier alpha value is -3.20. The number of aromatic nitrogens is 4. The van der Waals surface area contributed by atoms with Crippen LogP contribution in [0.15, 0.2) is 41.5 Å². The van der Waals surface area contributed by atoms with Gasteiger partial charge in [-0.2, -0.15) is 5.26 Å². The Labute approximate surface area is 120 Å². The molecule has 3 aromatic heterocycles. The molecule has 2 N–H and O–H groups in total. The molecule has 3 aromatic rings. The Kier molecular flexibility index (Phi) is 3.09. The lowest BCUT2D eigenvalue weighted by atomic mass is 10.1. The quantitative estimate of drug-likeness (QED) is 0.748. The highest BCUT2D eigenvalue weighted by molar-refractivity contribution is 5.66. The molecule has 0 unspecified atom stereocenters. The van der Waals surface area contributed by atoms with Crippen molar-refractivity contribution in [2.75, 3.05) is 0 Å². The summed E-state index contributed by atoms with van der Waals surface area (Å²) in [4.78, 5) is 25.9. The summed E-state index contributed by atoms with van der Waals surface area (Å²) < 4.78 is 0. The van der Waals surface area contributed by atoms with Gasteiger partial charge in [0.2, 0.25) is 0 Å². The number of hydrogen-bond donors (Lipinski definition) is 2. The van der Waals surface area contributed by atoms with E-state index in [0.717, 1.165) is 17.0 Å². The second kappa shape index (κ2) is 5.06. The van der Waals surface area contributed by atoms with Crippen LogP contribution in [0.25, 0.3) is 22.8 Å². The lowest BCUT2D eigenvalue weighted by Crippen LogP contribution is -2.11. The highest BCUT2D eigenvalue weighted by Gasteiger charge is 2.11. The monoisotopic (exact) mass is 277 g/mol. The molecule has 6 heteroatoms. The number of nitrogens with one attached hydrogen (secondary N) is 2. The molecule has 21 heavy (non-hydrogen) atoms. The van der Waals surface area contributed by atoms with E-state index in [0.29, 0.717) is 11.5 Å². The Morgan fingerprint density at radius 1 is 1.24 bits per heavy atom. The molecule has 0 saturated carbocycles. The maximum Gasteiger partial charge on any atom is 0.266 e. The Balaban J connectivity index is 2.09. The first-order valence-corrected chi connectivity index (χ1v) is 6.30. The van der Waals surface area contributed by atoms with E-state index < -0.39 is 0 Å². The second-order valence-electron chi connectivity index (χ2n) is 4.52. The number of rotatable bonds is 2. The Morgan fingerprint density at radius 3 is 2.81 bits per heavy atom. The van der Waals surface area contributed by atoms with Crippen LogP contribution in [-0.2, 0) is 0 Å². The molecule has 0 radical (unpaired) electrons. The van der Waals surface area contributed by atoms with E-state index in [-0.39, 0.29) is 11.1 Å². The van der Waals surface area contributed by atoms with Crippen molar-refractivity contribution in [2.45, 2.75) is 6.92 Å². The average molecular weight is 277 g/mol. The van der Waals surface area contributed by atoms with Gasteiger partial charge in [0.1, 0.15) is 17.3 Å². The highest BCUT2D eigenvalue weighted by atomic mass is 16.1. The second-order valence-corrected chi connectivity index (χ2v) is 4.52. The fraction of sp³-hybridized carbons (Fsp3) is 0.0667. The first-order valence-electron chi connectivity index (χ1n) is 6.30. The summed E-state index contributed by atoms with van der Waals surface area (Å²) in [5.74, 6) is 0.634. The number of aryl methyl sites for hydroxylation is 1. The zero-order valence-corrected chi connectivity index (χ0v) is 11.2. The molecule has 0 amide bonds. The predicted octanol–water partition coefficient (Wildman–Crippen LogP) is 2.01. The van der Waals surface area contributed by atoms with Crippen LogP contribution in [0.4, 0.5) is 0 Å². The van der Waals surface area contributed by atoms with Crippen LogP contribution in [0, 0.1) is 18.3 Å². The molecule has 0 aliphatic rings. The van der Waals surface area contributed by atoms with Crippen molar-refractivity contribution in [3.8, 4) is 28.8 Å². The summed E-state index contributed by atoms with van der Waals surface area (Å²) in [5, 5.41) is 8.96. The average Bonchev–Trinajstić information content (AvgIpc) is 2.98. The zero-order chi connectivity index (χ0) is 14.8. The van der Waals surface area contributed by atoms with Crippen molar-refractivity contribution in [1.82, 2.24) is 19.9 Å². The molecule has 0 aliphatic carbocycles. The van der Waals surface area contributed by atoms with Gasteiger partial charge in [0.25, 0.3) is 5.56 Å². The van der Waals surface area contributed by atoms with E-state index in [1.807, 2.05) is 24.3 Å². The fourth-order valence-electron chi connectivity index (χ4n) is 2.08. The zero-order valence-electron chi connectivity index (χ0n) is 11.2. The van der Waals surface area contributed by atoms with Gasteiger partial charge in [0, 0.05) is 17.5 Å². The van der Waals surface area contributed by atoms with Crippen LogP contribution in [-0.4, -0.2) is 19.9 Å². The number of hydrogen-bond acceptors (Lipinski definition) is 4. The molecule has 0 aliphatic heterocycles. The van der Waals surface area contributed by atoms with Crippen LogP contribution in [0.2, 0.25) is 0 Å². The molecule has 0 aromatic carbocycles. The van der Waals surface area contributed by atoms with Gasteiger partial charge in [0.15, 0.2) is 5.82 Å². The van der Waals surface area contributed by atoms with E-state index >= 15 is 0 Å². The molecule has 0 spiro atoms. The van der Waals surface area contributed by atoms with Crippen LogP contribution in [0.5, 0.6) is 0 Å². The Morgan fingerprint density at radius 2 is 2.10 bits per heavy atom. The van der Waals surface area contributed by atoms with Crippen molar-refractivity contribution in [3.05, 3.63) is 58.3 Å². The standard InChI is InChI=1S/C15H11N5O/c1-9-11(6-10(7-16)15(21)19-9)13-8-18-14(20-13)12-4-2-3-5-17-12/h2-6,8H,1H3,(H,18,20)(H,19,21). The molecule has 0 saturated heterocycles. The third-order valence-corrected chi connectivity index (χ3v) is 3.13. The molecule has 3 rings (SSSR count). The summed E-state index contributed by atoms with van der Waals surface area (Å²) in [7, 11) is 0. The van der Waals surface area contributed by atoms with E-state index in [1.54, 1.807) is 25.4 Å². The summed E-state index contributed by atoms with van der Waals surface area (Å²) in [6.07, 6.45) is 3.35. The largest absolute Gasteiger partial charge is 0.337 e. The van der Waals surface area contributed by atoms with Crippen molar-refractivity contribution >= 4 is 0 Å². The number of nitrogens with zero attached hydrogens (tertiary/aromatic N) is 3. The number of aromatic amines is 2. The normalized spacial score (nSPS) is 10.3. The Bertz CT molecular complexity index is 886. The molecule has 102 valence electrons. The van der Waals surface area contributed by atoms with Crippen LogP contribution >= 0.6 is 0 Å². The molecular weight excluding hydrogens is 266 g/mol. The molecular formula is C15H11N5O. The molecule has 6 nitrogen and oxygen atoms in total. The minimum atomic E-state index is -0.386. The van der Waals surface area contributed by atoms with Gasteiger partial charge in [-0.3, -0.25) is 9.78 Å². The SMILES string of the molecule is Cc1[nH]c(=O)c(C#N)cc1-c1cnc(-c2ccccn2)[nH]1. The van der Waals surface area contributed by atoms with Gasteiger partial charge in [0.05, 0.1) is 11.9 Å². The first-order chi connectivity index (χ1) is 10.2. The third kappa shape index (κ3) is 2.32. The topological polar surface area (TPSA) is 98.2 Å². The lowest BCUT2D eigenvalue weighted by Gasteiger charge is -2.03. The van der Waals surface area contributed by atoms with Crippen molar-refractivity contribution in [1.29, 1.82) is 5.26 Å². The molecule has 0 fully saturated rings. The fourth-order valence-corrected chi connectivity index (χ4v) is 2.08. The molecule has 3 heterocycles. The van der Waals surface area contributed by atoms with E-state index in [9.17, 15) is 4.79 Å². The van der Waals surface area contributed by atoms with Gasteiger partial charge >= 0.3 is 0 Å². The number of H-pyrrole nitrogens is 2. The minimum Gasteiger partial charge on any atom is -0.337 e. The number of pyridine rings is 2. The smallest absolute Gasteiger partial charge is 0.266 e. The van der Waals surface area contributed by atoms with Crippen molar-refractivity contribution in [2.24, 2.45) is 0 Å². The van der Waals surface area contributed by atoms with Crippen molar-refractivity contribution < 1.29 is 0 Å². The van der Waals surface area contributed by atoms with Crippen LogP contribution in [0.1, 0.15) is 11.3 Å².